The monoisotopic (exact) mass is 231 g/mol. The van der Waals surface area contributed by atoms with Crippen molar-refractivity contribution >= 4 is 11.8 Å². The van der Waals surface area contributed by atoms with Gasteiger partial charge in [0, 0.05) is 10.8 Å². The standard InChI is InChI=1S/C12H25NOS/c1-11(2,3)9-5-6-12(13,8-14)7-10(9)15-4/h9-10,14H,5-8,13H2,1-4H3. The first-order chi connectivity index (χ1) is 6.82. The smallest absolute Gasteiger partial charge is 0.0611 e. The second-order valence-corrected chi connectivity index (χ2v) is 7.09. The Bertz CT molecular complexity index is 214. The van der Waals surface area contributed by atoms with Crippen LogP contribution >= 0.6 is 11.8 Å². The molecule has 15 heavy (non-hydrogen) atoms. The van der Waals surface area contributed by atoms with Crippen LogP contribution in [0.2, 0.25) is 0 Å². The number of thioether (sulfide) groups is 1. The van der Waals surface area contributed by atoms with Crippen molar-refractivity contribution in [1.82, 2.24) is 0 Å². The van der Waals surface area contributed by atoms with Gasteiger partial charge in [-0.2, -0.15) is 11.8 Å². The largest absolute Gasteiger partial charge is 0.394 e. The van der Waals surface area contributed by atoms with E-state index in [4.69, 9.17) is 5.73 Å². The Kier molecular flexibility index (Phi) is 4.13. The molecule has 3 N–H and O–H groups in total. The first-order valence-electron chi connectivity index (χ1n) is 5.75. The summed E-state index contributed by atoms with van der Waals surface area (Å²) in [6.45, 7) is 7.05. The topological polar surface area (TPSA) is 46.2 Å². The van der Waals surface area contributed by atoms with Crippen LogP contribution in [0.3, 0.4) is 0 Å². The maximum absolute atomic E-state index is 9.32. The molecule has 0 aromatic rings. The van der Waals surface area contributed by atoms with Gasteiger partial charge in [-0.1, -0.05) is 20.8 Å². The van der Waals surface area contributed by atoms with E-state index in [1.807, 2.05) is 11.8 Å². The van der Waals surface area contributed by atoms with Crippen molar-refractivity contribution < 1.29 is 5.11 Å². The second-order valence-electron chi connectivity index (χ2n) is 6.01. The summed E-state index contributed by atoms with van der Waals surface area (Å²) in [6, 6.07) is 0. The summed E-state index contributed by atoms with van der Waals surface area (Å²) in [7, 11) is 0. The summed E-state index contributed by atoms with van der Waals surface area (Å²) in [5.74, 6) is 0.718. The zero-order valence-corrected chi connectivity index (χ0v) is 11.2. The lowest BCUT2D eigenvalue weighted by Crippen LogP contribution is -2.52. The summed E-state index contributed by atoms with van der Waals surface area (Å²) in [4.78, 5) is 0. The number of hydrogen-bond donors (Lipinski definition) is 2. The second kappa shape index (κ2) is 4.64. The van der Waals surface area contributed by atoms with Gasteiger partial charge in [0.05, 0.1) is 6.61 Å². The molecule has 0 amide bonds. The average Bonchev–Trinajstić information content (AvgIpc) is 2.16. The van der Waals surface area contributed by atoms with E-state index in [2.05, 4.69) is 27.0 Å². The van der Waals surface area contributed by atoms with Crippen molar-refractivity contribution in [3.05, 3.63) is 0 Å². The fraction of sp³-hybridized carbons (Fsp3) is 1.00. The van der Waals surface area contributed by atoms with E-state index in [-0.39, 0.29) is 12.1 Å². The molecular formula is C12H25NOS. The van der Waals surface area contributed by atoms with Crippen molar-refractivity contribution in [1.29, 1.82) is 0 Å². The van der Waals surface area contributed by atoms with Crippen molar-refractivity contribution in [2.75, 3.05) is 12.9 Å². The molecule has 1 saturated carbocycles. The molecule has 1 aliphatic carbocycles. The van der Waals surface area contributed by atoms with E-state index < -0.39 is 0 Å². The number of nitrogens with two attached hydrogens (primary N) is 1. The molecule has 0 bridgehead atoms. The number of hydrogen-bond acceptors (Lipinski definition) is 3. The third-order valence-electron chi connectivity index (χ3n) is 3.74. The molecule has 1 fully saturated rings. The quantitative estimate of drug-likeness (QED) is 0.766. The highest BCUT2D eigenvalue weighted by Gasteiger charge is 2.41. The van der Waals surface area contributed by atoms with E-state index in [9.17, 15) is 5.11 Å². The van der Waals surface area contributed by atoms with Gasteiger partial charge in [0.2, 0.25) is 0 Å². The minimum absolute atomic E-state index is 0.126. The maximum Gasteiger partial charge on any atom is 0.0611 e. The molecule has 0 aliphatic heterocycles. The SMILES string of the molecule is CSC1CC(N)(CO)CCC1C(C)(C)C. The van der Waals surface area contributed by atoms with Gasteiger partial charge in [-0.15, -0.1) is 0 Å². The summed E-state index contributed by atoms with van der Waals surface area (Å²) in [5.41, 5.74) is 6.19. The number of aliphatic hydroxyl groups excluding tert-OH is 1. The molecule has 90 valence electrons. The molecule has 1 aliphatic rings. The van der Waals surface area contributed by atoms with Crippen LogP contribution in [0.4, 0.5) is 0 Å². The van der Waals surface area contributed by atoms with E-state index in [1.165, 1.54) is 0 Å². The van der Waals surface area contributed by atoms with Gasteiger partial charge in [0.25, 0.3) is 0 Å². The Hall–Kier alpha value is 0.270. The summed E-state index contributed by atoms with van der Waals surface area (Å²) in [5, 5.41) is 9.91. The zero-order valence-electron chi connectivity index (χ0n) is 10.4. The van der Waals surface area contributed by atoms with E-state index in [0.29, 0.717) is 10.7 Å². The van der Waals surface area contributed by atoms with Gasteiger partial charge in [-0.3, -0.25) is 0 Å². The van der Waals surface area contributed by atoms with Crippen LogP contribution in [0, 0.1) is 11.3 Å². The van der Waals surface area contributed by atoms with E-state index in [0.717, 1.165) is 25.2 Å². The Balaban J connectivity index is 2.73. The minimum atomic E-state index is -0.324. The molecule has 0 heterocycles. The van der Waals surface area contributed by atoms with Gasteiger partial charge < -0.3 is 10.8 Å². The number of rotatable bonds is 2. The fourth-order valence-corrected chi connectivity index (χ4v) is 4.03. The fourth-order valence-electron chi connectivity index (χ4n) is 2.66. The van der Waals surface area contributed by atoms with Gasteiger partial charge in [0.1, 0.15) is 0 Å². The maximum atomic E-state index is 9.32. The summed E-state index contributed by atoms with van der Waals surface area (Å²) in [6.07, 6.45) is 5.22. The first kappa shape index (κ1) is 13.3. The molecule has 0 radical (unpaired) electrons. The Morgan fingerprint density at radius 1 is 1.47 bits per heavy atom. The molecule has 0 aromatic carbocycles. The van der Waals surface area contributed by atoms with Crippen molar-refractivity contribution in [2.45, 2.75) is 50.8 Å². The summed E-state index contributed by atoms with van der Waals surface area (Å²) >= 11 is 1.91. The lowest BCUT2D eigenvalue weighted by atomic mass is 9.67. The third kappa shape index (κ3) is 3.11. The minimum Gasteiger partial charge on any atom is -0.394 e. The highest BCUT2D eigenvalue weighted by atomic mass is 32.2. The Labute approximate surface area is 98.0 Å². The molecule has 3 unspecified atom stereocenters. The van der Waals surface area contributed by atoms with Crippen LogP contribution < -0.4 is 5.73 Å². The predicted molar refractivity (Wildman–Crippen MR) is 68.1 cm³/mol. The van der Waals surface area contributed by atoms with Crippen LogP contribution in [-0.4, -0.2) is 28.8 Å². The van der Waals surface area contributed by atoms with Crippen molar-refractivity contribution in [3.8, 4) is 0 Å². The van der Waals surface area contributed by atoms with Crippen molar-refractivity contribution in [2.24, 2.45) is 17.1 Å². The van der Waals surface area contributed by atoms with Gasteiger partial charge in [-0.25, -0.2) is 0 Å². The molecule has 0 saturated heterocycles. The molecule has 3 atom stereocenters. The van der Waals surface area contributed by atoms with Gasteiger partial charge >= 0.3 is 0 Å². The highest BCUT2D eigenvalue weighted by molar-refractivity contribution is 7.99. The zero-order chi connectivity index (χ0) is 11.7. The lowest BCUT2D eigenvalue weighted by Gasteiger charge is -2.46. The van der Waals surface area contributed by atoms with Crippen LogP contribution in [-0.2, 0) is 0 Å². The molecule has 1 rings (SSSR count). The van der Waals surface area contributed by atoms with Crippen LogP contribution in [0.15, 0.2) is 0 Å². The first-order valence-corrected chi connectivity index (χ1v) is 7.04. The molecule has 2 nitrogen and oxygen atoms in total. The normalized spacial score (nSPS) is 38.0. The highest BCUT2D eigenvalue weighted by Crippen LogP contribution is 2.45. The number of aliphatic hydroxyl groups is 1. The van der Waals surface area contributed by atoms with E-state index >= 15 is 0 Å². The molecule has 3 heteroatoms. The van der Waals surface area contributed by atoms with Crippen molar-refractivity contribution in [3.63, 3.8) is 0 Å². The van der Waals surface area contributed by atoms with E-state index in [1.54, 1.807) is 0 Å². The van der Waals surface area contributed by atoms with Gasteiger partial charge in [-0.05, 0) is 36.9 Å². The predicted octanol–water partition coefficient (Wildman–Crippen LogP) is 2.25. The molecule has 0 spiro atoms. The average molecular weight is 231 g/mol. The van der Waals surface area contributed by atoms with Crippen LogP contribution in [0.25, 0.3) is 0 Å². The van der Waals surface area contributed by atoms with Crippen LogP contribution in [0.1, 0.15) is 40.0 Å². The third-order valence-corrected chi connectivity index (χ3v) is 4.84. The van der Waals surface area contributed by atoms with Gasteiger partial charge in [0.15, 0.2) is 0 Å². The Morgan fingerprint density at radius 3 is 2.47 bits per heavy atom. The molecular weight excluding hydrogens is 206 g/mol. The summed E-state index contributed by atoms with van der Waals surface area (Å²) < 4.78 is 0. The Morgan fingerprint density at radius 2 is 2.07 bits per heavy atom. The lowest BCUT2D eigenvalue weighted by molar-refractivity contribution is 0.0989. The van der Waals surface area contributed by atoms with Crippen LogP contribution in [0.5, 0.6) is 0 Å². The molecule has 0 aromatic heterocycles.